The van der Waals surface area contributed by atoms with Crippen molar-refractivity contribution in [2.75, 3.05) is 50.7 Å². The molecule has 7 heteroatoms. The lowest BCUT2D eigenvalue weighted by Crippen LogP contribution is -2.51. The molecule has 162 valence electrons. The lowest BCUT2D eigenvalue weighted by molar-refractivity contribution is -0.137. The third-order valence-corrected chi connectivity index (χ3v) is 6.60. The van der Waals surface area contributed by atoms with E-state index in [0.717, 1.165) is 64.2 Å². The van der Waals surface area contributed by atoms with E-state index in [9.17, 15) is 14.4 Å². The topological polar surface area (TPSA) is 73.0 Å². The monoisotopic (exact) mass is 412 g/mol. The Labute approximate surface area is 178 Å². The largest absolute Gasteiger partial charge is 0.351 e. The molecular formula is C23H32N4O3. The molecule has 1 saturated carbocycles. The summed E-state index contributed by atoms with van der Waals surface area (Å²) in [7, 11) is 0. The standard InChI is InChI=1S/C23H32N4O3/c28-21-9-4-11-27(21)20-8-3-7-19(17-20)22(29)24-10-12-25-13-15-26(16-14-25)23(30)18-5-1-2-6-18/h3,7-8,17-18H,1-2,4-6,9-16H2,(H,24,29). The molecule has 1 aliphatic carbocycles. The highest BCUT2D eigenvalue weighted by Crippen LogP contribution is 2.27. The van der Waals surface area contributed by atoms with Gasteiger partial charge < -0.3 is 15.1 Å². The van der Waals surface area contributed by atoms with Crippen molar-refractivity contribution in [1.29, 1.82) is 0 Å². The Hall–Kier alpha value is -2.41. The zero-order chi connectivity index (χ0) is 20.9. The van der Waals surface area contributed by atoms with Crippen LogP contribution in [0.3, 0.4) is 0 Å². The lowest BCUT2D eigenvalue weighted by atomic mass is 10.1. The Bertz CT molecular complexity index is 782. The maximum Gasteiger partial charge on any atom is 0.251 e. The minimum Gasteiger partial charge on any atom is -0.351 e. The van der Waals surface area contributed by atoms with Gasteiger partial charge in [-0.05, 0) is 37.5 Å². The van der Waals surface area contributed by atoms with Crippen LogP contribution in [-0.2, 0) is 9.59 Å². The van der Waals surface area contributed by atoms with E-state index in [1.54, 1.807) is 17.0 Å². The summed E-state index contributed by atoms with van der Waals surface area (Å²) < 4.78 is 0. The Balaban J connectivity index is 1.20. The predicted octanol–water partition coefficient (Wildman–Crippen LogP) is 1.88. The van der Waals surface area contributed by atoms with Crippen LogP contribution in [0, 0.1) is 5.92 Å². The number of amides is 3. The molecule has 2 saturated heterocycles. The molecule has 2 heterocycles. The van der Waals surface area contributed by atoms with E-state index in [2.05, 4.69) is 10.2 Å². The average molecular weight is 413 g/mol. The van der Waals surface area contributed by atoms with Gasteiger partial charge in [0.1, 0.15) is 0 Å². The van der Waals surface area contributed by atoms with E-state index in [1.165, 1.54) is 12.8 Å². The number of carbonyl (C=O) groups is 3. The number of nitrogens with zero attached hydrogens (tertiary/aromatic N) is 3. The summed E-state index contributed by atoms with van der Waals surface area (Å²) in [6.45, 7) is 5.37. The number of piperazine rings is 1. The Morgan fingerprint density at radius 3 is 2.47 bits per heavy atom. The number of anilines is 1. The molecule has 7 nitrogen and oxygen atoms in total. The summed E-state index contributed by atoms with van der Waals surface area (Å²) in [5.41, 5.74) is 1.38. The molecule has 2 aliphatic heterocycles. The quantitative estimate of drug-likeness (QED) is 0.774. The summed E-state index contributed by atoms with van der Waals surface area (Å²) in [6, 6.07) is 7.29. The summed E-state index contributed by atoms with van der Waals surface area (Å²) in [4.78, 5) is 43.1. The Morgan fingerprint density at radius 1 is 1.00 bits per heavy atom. The van der Waals surface area contributed by atoms with Crippen molar-refractivity contribution in [1.82, 2.24) is 15.1 Å². The van der Waals surface area contributed by atoms with E-state index in [1.807, 2.05) is 17.0 Å². The van der Waals surface area contributed by atoms with Crippen LogP contribution in [0.25, 0.3) is 0 Å². The van der Waals surface area contributed by atoms with Gasteiger partial charge in [0, 0.05) is 69.4 Å². The second-order valence-electron chi connectivity index (χ2n) is 8.60. The minimum absolute atomic E-state index is 0.112. The van der Waals surface area contributed by atoms with Crippen LogP contribution >= 0.6 is 0 Å². The first-order valence-electron chi connectivity index (χ1n) is 11.3. The van der Waals surface area contributed by atoms with E-state index < -0.39 is 0 Å². The second kappa shape index (κ2) is 9.60. The predicted molar refractivity (Wildman–Crippen MR) is 115 cm³/mol. The third-order valence-electron chi connectivity index (χ3n) is 6.60. The first kappa shape index (κ1) is 20.8. The molecular weight excluding hydrogens is 380 g/mol. The van der Waals surface area contributed by atoms with Gasteiger partial charge in [0.15, 0.2) is 0 Å². The van der Waals surface area contributed by atoms with Gasteiger partial charge in [0.2, 0.25) is 11.8 Å². The molecule has 1 aromatic rings. The Kier molecular flexibility index (Phi) is 6.67. The number of hydrogen-bond acceptors (Lipinski definition) is 4. The number of rotatable bonds is 6. The molecule has 0 aromatic heterocycles. The minimum atomic E-state index is -0.112. The van der Waals surface area contributed by atoms with Crippen LogP contribution in [0.15, 0.2) is 24.3 Å². The maximum atomic E-state index is 12.5. The number of benzene rings is 1. The van der Waals surface area contributed by atoms with Gasteiger partial charge in [-0.3, -0.25) is 19.3 Å². The van der Waals surface area contributed by atoms with Gasteiger partial charge in [-0.15, -0.1) is 0 Å². The van der Waals surface area contributed by atoms with E-state index >= 15 is 0 Å². The van der Waals surface area contributed by atoms with Crippen molar-refractivity contribution >= 4 is 23.4 Å². The lowest BCUT2D eigenvalue weighted by Gasteiger charge is -2.36. The van der Waals surface area contributed by atoms with Crippen LogP contribution in [0.2, 0.25) is 0 Å². The summed E-state index contributed by atoms with van der Waals surface area (Å²) in [5.74, 6) is 0.607. The molecule has 3 amide bonds. The molecule has 0 bridgehead atoms. The van der Waals surface area contributed by atoms with Crippen molar-refractivity contribution in [2.45, 2.75) is 38.5 Å². The first-order valence-corrected chi connectivity index (χ1v) is 11.3. The maximum absolute atomic E-state index is 12.5. The highest BCUT2D eigenvalue weighted by molar-refractivity contribution is 5.99. The van der Waals surface area contributed by atoms with Crippen LogP contribution in [0.4, 0.5) is 5.69 Å². The molecule has 0 atom stereocenters. The normalized spacial score (nSPS) is 20.7. The van der Waals surface area contributed by atoms with Crippen LogP contribution in [0.1, 0.15) is 48.9 Å². The molecule has 0 unspecified atom stereocenters. The van der Waals surface area contributed by atoms with E-state index in [4.69, 9.17) is 0 Å². The number of carbonyl (C=O) groups excluding carboxylic acids is 3. The Morgan fingerprint density at radius 2 is 1.77 bits per heavy atom. The molecule has 3 fully saturated rings. The van der Waals surface area contributed by atoms with Gasteiger partial charge in [-0.1, -0.05) is 18.9 Å². The first-order chi connectivity index (χ1) is 14.6. The fourth-order valence-corrected chi connectivity index (χ4v) is 4.79. The summed E-state index contributed by atoms with van der Waals surface area (Å²) in [5, 5.41) is 2.99. The number of nitrogens with one attached hydrogen (secondary N) is 1. The van der Waals surface area contributed by atoms with Crippen molar-refractivity contribution < 1.29 is 14.4 Å². The second-order valence-corrected chi connectivity index (χ2v) is 8.60. The SMILES string of the molecule is O=C(NCCN1CCN(C(=O)C2CCCC2)CC1)c1cccc(N2CCCC2=O)c1. The summed E-state index contributed by atoms with van der Waals surface area (Å²) in [6.07, 6.45) is 5.93. The van der Waals surface area contributed by atoms with Crippen molar-refractivity contribution in [3.8, 4) is 0 Å². The van der Waals surface area contributed by atoms with Gasteiger partial charge in [0.05, 0.1) is 0 Å². The van der Waals surface area contributed by atoms with Crippen LogP contribution in [-0.4, -0.2) is 73.3 Å². The van der Waals surface area contributed by atoms with Gasteiger partial charge in [-0.25, -0.2) is 0 Å². The molecule has 1 aromatic carbocycles. The highest BCUT2D eigenvalue weighted by Gasteiger charge is 2.29. The van der Waals surface area contributed by atoms with Gasteiger partial charge in [-0.2, -0.15) is 0 Å². The van der Waals surface area contributed by atoms with Crippen molar-refractivity contribution in [3.05, 3.63) is 29.8 Å². The molecule has 3 aliphatic rings. The fourth-order valence-electron chi connectivity index (χ4n) is 4.79. The molecule has 0 spiro atoms. The van der Waals surface area contributed by atoms with Gasteiger partial charge in [0.25, 0.3) is 5.91 Å². The van der Waals surface area contributed by atoms with Crippen LogP contribution in [0.5, 0.6) is 0 Å². The summed E-state index contributed by atoms with van der Waals surface area (Å²) >= 11 is 0. The average Bonchev–Trinajstić information content (AvgIpc) is 3.46. The van der Waals surface area contributed by atoms with Gasteiger partial charge >= 0.3 is 0 Å². The fraction of sp³-hybridized carbons (Fsp3) is 0.609. The van der Waals surface area contributed by atoms with E-state index in [-0.39, 0.29) is 17.7 Å². The number of hydrogen-bond donors (Lipinski definition) is 1. The molecule has 0 radical (unpaired) electrons. The van der Waals surface area contributed by atoms with Crippen molar-refractivity contribution in [2.24, 2.45) is 5.92 Å². The molecule has 4 rings (SSSR count). The molecule has 1 N–H and O–H groups in total. The molecule has 30 heavy (non-hydrogen) atoms. The van der Waals surface area contributed by atoms with Crippen molar-refractivity contribution in [3.63, 3.8) is 0 Å². The highest BCUT2D eigenvalue weighted by atomic mass is 16.2. The van der Waals surface area contributed by atoms with Crippen LogP contribution < -0.4 is 10.2 Å². The third kappa shape index (κ3) is 4.83. The smallest absolute Gasteiger partial charge is 0.251 e. The zero-order valence-electron chi connectivity index (χ0n) is 17.6. The zero-order valence-corrected chi connectivity index (χ0v) is 17.6. The van der Waals surface area contributed by atoms with E-state index in [0.29, 0.717) is 24.4 Å².